The lowest BCUT2D eigenvalue weighted by Gasteiger charge is -2.27. The molecule has 0 fully saturated rings. The van der Waals surface area contributed by atoms with Gasteiger partial charge in [-0.3, -0.25) is 19.7 Å². The average molecular weight is 264 g/mol. The summed E-state index contributed by atoms with van der Waals surface area (Å²) in [6, 6.07) is 4.21. The number of methoxy groups -OCH3 is 1. The predicted octanol–water partition coefficient (Wildman–Crippen LogP) is 0.766. The van der Waals surface area contributed by atoms with Gasteiger partial charge in [0.1, 0.15) is 6.54 Å². The molecule has 1 aromatic rings. The van der Waals surface area contributed by atoms with Crippen molar-refractivity contribution in [2.75, 3.05) is 20.2 Å². The highest BCUT2D eigenvalue weighted by molar-refractivity contribution is 5.98. The van der Waals surface area contributed by atoms with Crippen molar-refractivity contribution >= 4 is 17.6 Å². The van der Waals surface area contributed by atoms with E-state index in [4.69, 9.17) is 0 Å². The first-order valence-corrected chi connectivity index (χ1v) is 5.66. The summed E-state index contributed by atoms with van der Waals surface area (Å²) in [5.41, 5.74) is 0.910. The van der Waals surface area contributed by atoms with Crippen LogP contribution in [0.1, 0.15) is 15.9 Å². The third-order valence-electron chi connectivity index (χ3n) is 3.02. The monoisotopic (exact) mass is 264 g/mol. The number of hydrogen-bond donors (Lipinski definition) is 0. The fraction of sp³-hybridized carbons (Fsp3) is 0.333. The minimum atomic E-state index is -0.549. The molecule has 1 heterocycles. The van der Waals surface area contributed by atoms with Crippen LogP contribution in [0.15, 0.2) is 18.2 Å². The fourth-order valence-electron chi connectivity index (χ4n) is 1.99. The normalized spacial score (nSPS) is 13.9. The summed E-state index contributed by atoms with van der Waals surface area (Å²) in [6.45, 7) is 0.260. The number of nitro groups is 1. The summed E-state index contributed by atoms with van der Waals surface area (Å²) in [6.07, 6.45) is 0.566. The molecular weight excluding hydrogens is 252 g/mol. The maximum absolute atomic E-state index is 12.1. The van der Waals surface area contributed by atoms with E-state index in [2.05, 4.69) is 4.74 Å². The number of rotatable bonds is 3. The molecule has 1 aromatic carbocycles. The van der Waals surface area contributed by atoms with E-state index in [1.165, 1.54) is 24.1 Å². The average Bonchev–Trinajstić information content (AvgIpc) is 2.41. The minimum Gasteiger partial charge on any atom is -0.468 e. The molecule has 0 unspecified atom stereocenters. The van der Waals surface area contributed by atoms with Crippen molar-refractivity contribution in [1.82, 2.24) is 4.90 Å². The van der Waals surface area contributed by atoms with Gasteiger partial charge in [-0.15, -0.1) is 0 Å². The van der Waals surface area contributed by atoms with Gasteiger partial charge in [-0.1, -0.05) is 6.07 Å². The summed E-state index contributed by atoms with van der Waals surface area (Å²) in [5.74, 6) is -0.891. The Morgan fingerprint density at radius 2 is 2.26 bits per heavy atom. The van der Waals surface area contributed by atoms with Crippen molar-refractivity contribution < 1.29 is 19.2 Å². The van der Waals surface area contributed by atoms with Gasteiger partial charge in [-0.25, -0.2) is 0 Å². The lowest BCUT2D eigenvalue weighted by Crippen LogP contribution is -2.41. The zero-order chi connectivity index (χ0) is 14.0. The van der Waals surface area contributed by atoms with Gasteiger partial charge in [0, 0.05) is 24.2 Å². The minimum absolute atomic E-state index is 0.132. The van der Waals surface area contributed by atoms with E-state index in [0.717, 1.165) is 5.56 Å². The second-order valence-corrected chi connectivity index (χ2v) is 4.15. The van der Waals surface area contributed by atoms with Crippen molar-refractivity contribution in [3.63, 3.8) is 0 Å². The molecule has 1 aliphatic heterocycles. The highest BCUT2D eigenvalue weighted by Gasteiger charge is 2.27. The number of benzene rings is 1. The second-order valence-electron chi connectivity index (χ2n) is 4.15. The van der Waals surface area contributed by atoms with Crippen molar-refractivity contribution in [1.29, 1.82) is 0 Å². The second kappa shape index (κ2) is 5.05. The fourth-order valence-corrected chi connectivity index (χ4v) is 1.99. The Labute approximate surface area is 108 Å². The van der Waals surface area contributed by atoms with E-state index < -0.39 is 10.9 Å². The first-order valence-electron chi connectivity index (χ1n) is 5.66. The number of carbonyl (C=O) groups excluding carboxylic acids is 2. The number of amides is 1. The number of nitro benzene ring substituents is 1. The smallest absolute Gasteiger partial charge is 0.325 e. The molecule has 0 bridgehead atoms. The van der Waals surface area contributed by atoms with E-state index in [-0.39, 0.29) is 23.7 Å². The lowest BCUT2D eigenvalue weighted by atomic mass is 9.98. The summed E-state index contributed by atoms with van der Waals surface area (Å²) in [4.78, 5) is 34.8. The maximum Gasteiger partial charge on any atom is 0.325 e. The van der Waals surface area contributed by atoms with Crippen LogP contribution >= 0.6 is 0 Å². The molecule has 7 nitrogen and oxygen atoms in total. The van der Waals surface area contributed by atoms with Crippen LogP contribution in [-0.4, -0.2) is 41.9 Å². The van der Waals surface area contributed by atoms with Gasteiger partial charge in [-0.05, 0) is 12.0 Å². The largest absolute Gasteiger partial charge is 0.468 e. The van der Waals surface area contributed by atoms with Crippen molar-refractivity contribution in [2.24, 2.45) is 0 Å². The first kappa shape index (κ1) is 13.0. The van der Waals surface area contributed by atoms with Crippen LogP contribution < -0.4 is 0 Å². The molecule has 19 heavy (non-hydrogen) atoms. The number of fused-ring (bicyclic) bond motifs is 1. The SMILES string of the molecule is COC(=O)CN1CCc2ccc([N+](=O)[O-])cc2C1=O. The number of ether oxygens (including phenoxy) is 1. The molecule has 0 N–H and O–H groups in total. The molecule has 0 aliphatic carbocycles. The molecule has 0 radical (unpaired) electrons. The third kappa shape index (κ3) is 2.54. The molecule has 0 atom stereocenters. The first-order chi connectivity index (χ1) is 9.02. The third-order valence-corrected chi connectivity index (χ3v) is 3.02. The van der Waals surface area contributed by atoms with E-state index in [1.807, 2.05) is 0 Å². The maximum atomic E-state index is 12.1. The quantitative estimate of drug-likeness (QED) is 0.457. The van der Waals surface area contributed by atoms with Crippen molar-refractivity contribution in [3.05, 3.63) is 39.4 Å². The zero-order valence-corrected chi connectivity index (χ0v) is 10.3. The molecule has 0 spiro atoms. The molecule has 1 amide bonds. The van der Waals surface area contributed by atoms with Crippen LogP contribution in [0.5, 0.6) is 0 Å². The molecule has 0 aromatic heterocycles. The van der Waals surface area contributed by atoms with E-state index in [0.29, 0.717) is 13.0 Å². The number of non-ortho nitro benzene ring substituents is 1. The van der Waals surface area contributed by atoms with Crippen LogP contribution in [0, 0.1) is 10.1 Å². The van der Waals surface area contributed by atoms with Crippen molar-refractivity contribution in [2.45, 2.75) is 6.42 Å². The Morgan fingerprint density at radius 1 is 1.53 bits per heavy atom. The molecule has 1 aliphatic rings. The highest BCUT2D eigenvalue weighted by Crippen LogP contribution is 2.23. The predicted molar refractivity (Wildman–Crippen MR) is 64.7 cm³/mol. The zero-order valence-electron chi connectivity index (χ0n) is 10.3. The van der Waals surface area contributed by atoms with Gasteiger partial charge in [0.25, 0.3) is 11.6 Å². The molecule has 0 saturated carbocycles. The Balaban J connectivity index is 2.28. The molecule has 7 heteroatoms. The van der Waals surface area contributed by atoms with Gasteiger partial charge in [0.05, 0.1) is 12.0 Å². The van der Waals surface area contributed by atoms with E-state index in [9.17, 15) is 19.7 Å². The number of hydrogen-bond acceptors (Lipinski definition) is 5. The van der Waals surface area contributed by atoms with E-state index in [1.54, 1.807) is 6.07 Å². The molecule has 2 rings (SSSR count). The van der Waals surface area contributed by atoms with Gasteiger partial charge in [0.15, 0.2) is 0 Å². The van der Waals surface area contributed by atoms with Crippen LogP contribution in [0.25, 0.3) is 0 Å². The van der Waals surface area contributed by atoms with Crippen molar-refractivity contribution in [3.8, 4) is 0 Å². The van der Waals surface area contributed by atoms with E-state index >= 15 is 0 Å². The van der Waals surface area contributed by atoms with Crippen LogP contribution in [0.2, 0.25) is 0 Å². The summed E-state index contributed by atoms with van der Waals surface area (Å²) < 4.78 is 4.51. The lowest BCUT2D eigenvalue weighted by molar-refractivity contribution is -0.384. The molecule has 100 valence electrons. The number of esters is 1. The van der Waals surface area contributed by atoms with Gasteiger partial charge >= 0.3 is 5.97 Å². The van der Waals surface area contributed by atoms with Gasteiger partial charge < -0.3 is 9.64 Å². The topological polar surface area (TPSA) is 89.8 Å². The highest BCUT2D eigenvalue weighted by atomic mass is 16.6. The Bertz CT molecular complexity index is 555. The van der Waals surface area contributed by atoms with Crippen LogP contribution in [0.4, 0.5) is 5.69 Å². The molecule has 0 saturated heterocycles. The van der Waals surface area contributed by atoms with Gasteiger partial charge in [-0.2, -0.15) is 0 Å². The Morgan fingerprint density at radius 3 is 2.89 bits per heavy atom. The summed E-state index contributed by atoms with van der Waals surface area (Å²) in [5, 5.41) is 10.7. The standard InChI is InChI=1S/C12H12N2O5/c1-19-11(15)7-13-5-4-8-2-3-9(14(17)18)6-10(8)12(13)16/h2-3,6H,4-5,7H2,1H3. The Kier molecular flexibility index (Phi) is 3.46. The van der Waals surface area contributed by atoms with Crippen LogP contribution in [-0.2, 0) is 16.0 Å². The number of nitrogens with zero attached hydrogens (tertiary/aromatic N) is 2. The number of carbonyl (C=O) groups is 2. The van der Waals surface area contributed by atoms with Crippen LogP contribution in [0.3, 0.4) is 0 Å². The Hall–Kier alpha value is -2.44. The molecular formula is C12H12N2O5. The summed E-state index contributed by atoms with van der Waals surface area (Å²) in [7, 11) is 1.25. The summed E-state index contributed by atoms with van der Waals surface area (Å²) >= 11 is 0. The van der Waals surface area contributed by atoms with Gasteiger partial charge in [0.2, 0.25) is 0 Å².